The molecule has 1 heterocycles. The summed E-state index contributed by atoms with van der Waals surface area (Å²) in [5, 5.41) is 8.78. The third-order valence-corrected chi connectivity index (χ3v) is 4.48. The number of carboxylic acids is 1. The van der Waals surface area contributed by atoms with E-state index in [1.165, 1.54) is 28.8 Å². The summed E-state index contributed by atoms with van der Waals surface area (Å²) in [7, 11) is -2.25. The van der Waals surface area contributed by atoms with Crippen LogP contribution in [-0.2, 0) is 23.6 Å². The van der Waals surface area contributed by atoms with Gasteiger partial charge in [-0.1, -0.05) is 6.07 Å². The van der Waals surface area contributed by atoms with E-state index in [9.17, 15) is 18.0 Å². The van der Waals surface area contributed by atoms with Gasteiger partial charge >= 0.3 is 5.97 Å². The maximum Gasteiger partial charge on any atom is 0.335 e. The molecule has 0 spiro atoms. The number of aromatic nitrogens is 1. The smallest absolute Gasteiger partial charge is 0.335 e. The molecule has 8 heteroatoms. The first-order valence-electron chi connectivity index (χ1n) is 6.29. The molecule has 1 aromatic heterocycles. The Bertz CT molecular complexity index is 854. The van der Waals surface area contributed by atoms with Crippen LogP contribution in [0.2, 0.25) is 0 Å². The van der Waals surface area contributed by atoms with Crippen molar-refractivity contribution < 1.29 is 18.3 Å². The van der Waals surface area contributed by atoms with Gasteiger partial charge in [0, 0.05) is 25.4 Å². The fourth-order valence-electron chi connectivity index (χ4n) is 1.82. The van der Waals surface area contributed by atoms with Gasteiger partial charge in [-0.05, 0) is 30.3 Å². The largest absolute Gasteiger partial charge is 0.478 e. The lowest BCUT2D eigenvalue weighted by Gasteiger charge is -2.07. The number of rotatable bonds is 5. The lowest BCUT2D eigenvalue weighted by atomic mass is 10.2. The highest BCUT2D eigenvalue weighted by atomic mass is 32.2. The van der Waals surface area contributed by atoms with E-state index in [4.69, 9.17) is 5.11 Å². The summed E-state index contributed by atoms with van der Waals surface area (Å²) in [6, 6.07) is 8.01. The second-order valence-corrected chi connectivity index (χ2v) is 6.37. The van der Waals surface area contributed by atoms with Gasteiger partial charge in [0.05, 0.1) is 10.5 Å². The third kappa shape index (κ3) is 3.41. The summed E-state index contributed by atoms with van der Waals surface area (Å²) >= 11 is 0. The summed E-state index contributed by atoms with van der Waals surface area (Å²) in [6.07, 6.45) is 1.57. The molecular formula is C14H14N2O5S. The minimum Gasteiger partial charge on any atom is -0.478 e. The molecule has 0 amide bonds. The van der Waals surface area contributed by atoms with Gasteiger partial charge in [0.15, 0.2) is 0 Å². The van der Waals surface area contributed by atoms with Crippen molar-refractivity contribution in [1.82, 2.24) is 9.29 Å². The zero-order valence-corrected chi connectivity index (χ0v) is 12.5. The van der Waals surface area contributed by atoms with Gasteiger partial charge in [-0.3, -0.25) is 4.79 Å². The highest BCUT2D eigenvalue weighted by molar-refractivity contribution is 7.89. The van der Waals surface area contributed by atoms with Crippen molar-refractivity contribution in [1.29, 1.82) is 0 Å². The first kappa shape index (κ1) is 15.9. The number of hydrogen-bond donors (Lipinski definition) is 2. The van der Waals surface area contributed by atoms with Gasteiger partial charge in [-0.2, -0.15) is 0 Å². The molecule has 116 valence electrons. The molecule has 0 aliphatic rings. The van der Waals surface area contributed by atoms with Crippen LogP contribution in [-0.4, -0.2) is 24.1 Å². The summed E-state index contributed by atoms with van der Waals surface area (Å²) in [5.74, 6) is -1.13. The summed E-state index contributed by atoms with van der Waals surface area (Å²) in [6.45, 7) is -0.142. The highest BCUT2D eigenvalue weighted by Crippen LogP contribution is 2.11. The molecule has 0 fully saturated rings. The maximum absolute atomic E-state index is 12.1. The van der Waals surface area contributed by atoms with E-state index in [-0.39, 0.29) is 22.6 Å². The Balaban J connectivity index is 2.19. The molecule has 0 aliphatic heterocycles. The van der Waals surface area contributed by atoms with E-state index in [1.807, 2.05) is 0 Å². The van der Waals surface area contributed by atoms with Gasteiger partial charge in [-0.25, -0.2) is 17.9 Å². The third-order valence-electron chi connectivity index (χ3n) is 3.07. The summed E-state index contributed by atoms with van der Waals surface area (Å²) in [4.78, 5) is 22.5. The van der Waals surface area contributed by atoms with E-state index < -0.39 is 16.0 Å². The Kier molecular flexibility index (Phi) is 4.43. The van der Waals surface area contributed by atoms with Gasteiger partial charge in [0.2, 0.25) is 10.0 Å². The molecule has 2 rings (SSSR count). The van der Waals surface area contributed by atoms with Crippen LogP contribution in [0.3, 0.4) is 0 Å². The van der Waals surface area contributed by atoms with Gasteiger partial charge in [0.1, 0.15) is 0 Å². The minimum absolute atomic E-state index is 0.00382. The average Bonchev–Trinajstić information content (AvgIpc) is 2.49. The fourth-order valence-corrected chi connectivity index (χ4v) is 2.83. The van der Waals surface area contributed by atoms with Crippen LogP contribution in [0.5, 0.6) is 0 Å². The van der Waals surface area contributed by atoms with Crippen LogP contribution in [0.15, 0.2) is 52.3 Å². The van der Waals surface area contributed by atoms with Crippen LogP contribution < -0.4 is 10.3 Å². The van der Waals surface area contributed by atoms with Crippen LogP contribution >= 0.6 is 0 Å². The number of aryl methyl sites for hydroxylation is 1. The minimum atomic E-state index is -3.82. The average molecular weight is 322 g/mol. The quantitative estimate of drug-likeness (QED) is 0.837. The number of sulfonamides is 1. The standard InChI is InChI=1S/C14H14N2O5S/c1-16-8-2-3-11(13(16)17)9-15-22(20,21)12-6-4-10(5-7-12)14(18)19/h2-8,15H,9H2,1H3,(H,18,19). The number of nitrogens with one attached hydrogen (secondary N) is 1. The van der Waals surface area contributed by atoms with Crippen molar-refractivity contribution >= 4 is 16.0 Å². The van der Waals surface area contributed by atoms with E-state index >= 15 is 0 Å². The molecule has 1 aromatic carbocycles. The molecular weight excluding hydrogens is 308 g/mol. The van der Waals surface area contributed by atoms with Gasteiger partial charge < -0.3 is 9.67 Å². The number of nitrogens with zero attached hydrogens (tertiary/aromatic N) is 1. The van der Waals surface area contributed by atoms with Crippen molar-refractivity contribution in [3.63, 3.8) is 0 Å². The van der Waals surface area contributed by atoms with Crippen LogP contribution in [0.25, 0.3) is 0 Å². The number of aromatic carboxylic acids is 1. The zero-order chi connectivity index (χ0) is 16.3. The zero-order valence-electron chi connectivity index (χ0n) is 11.7. The Morgan fingerprint density at radius 3 is 2.45 bits per heavy atom. The second-order valence-electron chi connectivity index (χ2n) is 4.60. The van der Waals surface area contributed by atoms with Crippen molar-refractivity contribution in [2.24, 2.45) is 7.05 Å². The molecule has 0 atom stereocenters. The Labute approximate surface area is 126 Å². The molecule has 22 heavy (non-hydrogen) atoms. The first-order chi connectivity index (χ1) is 10.3. The molecule has 0 saturated carbocycles. The van der Waals surface area contributed by atoms with Gasteiger partial charge in [-0.15, -0.1) is 0 Å². The molecule has 0 saturated heterocycles. The lowest BCUT2D eigenvalue weighted by Crippen LogP contribution is -2.28. The van der Waals surface area contributed by atoms with E-state index in [2.05, 4.69) is 4.72 Å². The van der Waals surface area contributed by atoms with Crippen molar-refractivity contribution in [2.45, 2.75) is 11.4 Å². The number of carbonyl (C=O) groups is 1. The number of hydrogen-bond acceptors (Lipinski definition) is 4. The Morgan fingerprint density at radius 2 is 1.86 bits per heavy atom. The van der Waals surface area contributed by atoms with Crippen LogP contribution in [0.4, 0.5) is 0 Å². The van der Waals surface area contributed by atoms with E-state index in [0.717, 1.165) is 0 Å². The Morgan fingerprint density at radius 1 is 1.23 bits per heavy atom. The molecule has 0 aliphatic carbocycles. The van der Waals surface area contributed by atoms with Crippen molar-refractivity contribution in [2.75, 3.05) is 0 Å². The number of pyridine rings is 1. The lowest BCUT2D eigenvalue weighted by molar-refractivity contribution is 0.0696. The summed E-state index contributed by atoms with van der Waals surface area (Å²) < 4.78 is 27.9. The second kappa shape index (κ2) is 6.12. The van der Waals surface area contributed by atoms with Crippen LogP contribution in [0.1, 0.15) is 15.9 Å². The summed E-state index contributed by atoms with van der Waals surface area (Å²) in [5.41, 5.74) is 0.0260. The molecule has 0 unspecified atom stereocenters. The molecule has 0 radical (unpaired) electrons. The predicted molar refractivity (Wildman–Crippen MR) is 79.1 cm³/mol. The van der Waals surface area contributed by atoms with Gasteiger partial charge in [0.25, 0.3) is 5.56 Å². The SMILES string of the molecule is Cn1cccc(CNS(=O)(=O)c2ccc(C(=O)O)cc2)c1=O. The Hall–Kier alpha value is -2.45. The number of carboxylic acid groups (broad SMARTS) is 1. The van der Waals surface area contributed by atoms with E-state index in [1.54, 1.807) is 25.4 Å². The molecule has 0 bridgehead atoms. The normalized spacial score (nSPS) is 11.3. The highest BCUT2D eigenvalue weighted by Gasteiger charge is 2.15. The maximum atomic E-state index is 12.1. The van der Waals surface area contributed by atoms with Crippen LogP contribution in [0, 0.1) is 0 Å². The molecule has 7 nitrogen and oxygen atoms in total. The fraction of sp³-hybridized carbons (Fsp3) is 0.143. The number of benzene rings is 1. The molecule has 2 aromatic rings. The molecule has 2 N–H and O–H groups in total. The van der Waals surface area contributed by atoms with E-state index in [0.29, 0.717) is 5.56 Å². The van der Waals surface area contributed by atoms with Crippen molar-refractivity contribution in [3.05, 3.63) is 64.1 Å². The first-order valence-corrected chi connectivity index (χ1v) is 7.77. The monoisotopic (exact) mass is 322 g/mol. The van der Waals surface area contributed by atoms with Crippen molar-refractivity contribution in [3.8, 4) is 0 Å². The predicted octanol–water partition coefficient (Wildman–Crippen LogP) is 0.562. The topological polar surface area (TPSA) is 105 Å².